The van der Waals surface area contributed by atoms with E-state index in [0.29, 0.717) is 15.7 Å². The van der Waals surface area contributed by atoms with E-state index in [1.165, 1.54) is 10.9 Å². The zero-order valence-electron chi connectivity index (χ0n) is 13.1. The number of halogens is 2. The van der Waals surface area contributed by atoms with Crippen LogP contribution in [-0.4, -0.2) is 61.0 Å². The van der Waals surface area contributed by atoms with Gasteiger partial charge in [0.2, 0.25) is 0 Å². The number of rotatable bonds is 4. The SMILES string of the molecule is [N-]=[N+]=N[C@@H]1[C@H](O)[C@H](CO)O[C@H](c2nncn2-c2cc(Cl)ccc2Cl)[C@H]1O. The number of aliphatic hydroxyl groups is 3. The Hall–Kier alpha value is -1.91. The monoisotopic (exact) mass is 400 g/mol. The molecule has 0 saturated carbocycles. The molecule has 0 unspecified atom stereocenters. The van der Waals surface area contributed by atoms with Crippen LogP contribution in [0.25, 0.3) is 16.1 Å². The lowest BCUT2D eigenvalue weighted by molar-refractivity contribution is -0.193. The summed E-state index contributed by atoms with van der Waals surface area (Å²) in [5.41, 5.74) is 9.14. The van der Waals surface area contributed by atoms with Crippen LogP contribution in [0.15, 0.2) is 29.6 Å². The van der Waals surface area contributed by atoms with Crippen molar-refractivity contribution < 1.29 is 20.1 Å². The van der Waals surface area contributed by atoms with Crippen molar-refractivity contribution in [1.29, 1.82) is 0 Å². The Bertz CT molecular complexity index is 843. The smallest absolute Gasteiger partial charge is 0.169 e. The Morgan fingerprint density at radius 1 is 1.31 bits per heavy atom. The van der Waals surface area contributed by atoms with Crippen LogP contribution in [0, 0.1) is 0 Å². The molecule has 1 aromatic heterocycles. The molecule has 26 heavy (non-hydrogen) atoms. The molecule has 2 heterocycles. The van der Waals surface area contributed by atoms with Gasteiger partial charge in [0.25, 0.3) is 0 Å². The van der Waals surface area contributed by atoms with Gasteiger partial charge in [-0.1, -0.05) is 28.3 Å². The second-order valence-electron chi connectivity index (χ2n) is 5.61. The van der Waals surface area contributed by atoms with Gasteiger partial charge in [-0.15, -0.1) is 10.2 Å². The molecule has 12 heteroatoms. The topological polar surface area (TPSA) is 149 Å². The maximum absolute atomic E-state index is 10.5. The summed E-state index contributed by atoms with van der Waals surface area (Å²) >= 11 is 12.2. The normalized spacial score (nSPS) is 28.6. The highest BCUT2D eigenvalue weighted by molar-refractivity contribution is 6.34. The summed E-state index contributed by atoms with van der Waals surface area (Å²) in [5.74, 6) is 0.144. The average molecular weight is 401 g/mol. The van der Waals surface area contributed by atoms with E-state index in [-0.39, 0.29) is 5.82 Å². The van der Waals surface area contributed by atoms with Crippen LogP contribution in [-0.2, 0) is 4.74 Å². The van der Waals surface area contributed by atoms with E-state index in [2.05, 4.69) is 20.2 Å². The Balaban J connectivity index is 2.05. The van der Waals surface area contributed by atoms with Crippen LogP contribution in [0.3, 0.4) is 0 Å². The first-order valence-electron chi connectivity index (χ1n) is 7.50. The number of ether oxygens (including phenoxy) is 1. The van der Waals surface area contributed by atoms with Gasteiger partial charge in [0.1, 0.15) is 18.5 Å². The van der Waals surface area contributed by atoms with Gasteiger partial charge in [0, 0.05) is 9.93 Å². The van der Waals surface area contributed by atoms with E-state index in [1.807, 2.05) is 0 Å². The van der Waals surface area contributed by atoms with Crippen LogP contribution in [0.1, 0.15) is 11.9 Å². The van der Waals surface area contributed by atoms with Gasteiger partial charge in [-0.2, -0.15) is 0 Å². The number of hydrogen-bond acceptors (Lipinski definition) is 7. The molecule has 1 aliphatic heterocycles. The summed E-state index contributed by atoms with van der Waals surface area (Å²) in [7, 11) is 0. The first kappa shape index (κ1) is 18.9. The third kappa shape index (κ3) is 3.36. The van der Waals surface area contributed by atoms with E-state index < -0.39 is 37.1 Å². The van der Waals surface area contributed by atoms with Crippen molar-refractivity contribution >= 4 is 23.2 Å². The van der Waals surface area contributed by atoms with Crippen molar-refractivity contribution in [1.82, 2.24) is 14.8 Å². The number of aromatic nitrogens is 3. The molecule has 1 saturated heterocycles. The molecule has 10 nitrogen and oxygen atoms in total. The van der Waals surface area contributed by atoms with Crippen molar-refractivity contribution in [2.24, 2.45) is 5.11 Å². The molecule has 138 valence electrons. The van der Waals surface area contributed by atoms with Crippen LogP contribution in [0.2, 0.25) is 10.0 Å². The summed E-state index contributed by atoms with van der Waals surface area (Å²) in [6, 6.07) is 3.54. The Labute approximate surface area is 157 Å². The van der Waals surface area contributed by atoms with Crippen molar-refractivity contribution in [2.75, 3.05) is 6.61 Å². The standard InChI is InChI=1S/C14H14Cl2N6O4/c15-6-1-2-7(16)8(3-6)22-5-18-20-14(22)13-12(25)10(19-21-17)11(24)9(4-23)26-13/h1-3,5,9-13,23-25H,4H2/t9-,10+,11+,12-,13-/m0/s1. The Morgan fingerprint density at radius 2 is 2.08 bits per heavy atom. The first-order valence-corrected chi connectivity index (χ1v) is 8.25. The Morgan fingerprint density at radius 3 is 2.77 bits per heavy atom. The van der Waals surface area contributed by atoms with Crippen LogP contribution in [0.5, 0.6) is 0 Å². The molecule has 0 amide bonds. The zero-order chi connectivity index (χ0) is 18.8. The van der Waals surface area contributed by atoms with Gasteiger partial charge < -0.3 is 20.1 Å². The average Bonchev–Trinajstić information content (AvgIpc) is 3.10. The highest BCUT2D eigenvalue weighted by Gasteiger charge is 2.46. The van der Waals surface area contributed by atoms with Crippen LogP contribution < -0.4 is 0 Å². The van der Waals surface area contributed by atoms with E-state index in [1.54, 1.807) is 18.2 Å². The number of nitrogens with zero attached hydrogens (tertiary/aromatic N) is 6. The fourth-order valence-electron chi connectivity index (χ4n) is 2.81. The lowest BCUT2D eigenvalue weighted by atomic mass is 9.93. The lowest BCUT2D eigenvalue weighted by Gasteiger charge is -2.40. The van der Waals surface area contributed by atoms with E-state index in [4.69, 9.17) is 33.5 Å². The molecule has 0 aliphatic carbocycles. The van der Waals surface area contributed by atoms with Crippen LogP contribution in [0.4, 0.5) is 0 Å². The van der Waals surface area contributed by atoms with Gasteiger partial charge >= 0.3 is 0 Å². The number of aliphatic hydroxyl groups excluding tert-OH is 3. The fourth-order valence-corrected chi connectivity index (χ4v) is 3.18. The highest BCUT2D eigenvalue weighted by Crippen LogP contribution is 2.35. The van der Waals surface area contributed by atoms with E-state index in [9.17, 15) is 15.3 Å². The quantitative estimate of drug-likeness (QED) is 0.401. The van der Waals surface area contributed by atoms with Crippen molar-refractivity contribution in [2.45, 2.75) is 30.5 Å². The molecule has 1 aliphatic rings. The second-order valence-corrected chi connectivity index (χ2v) is 6.45. The molecule has 0 radical (unpaired) electrons. The first-order chi connectivity index (χ1) is 12.5. The molecule has 0 bridgehead atoms. The fraction of sp³-hybridized carbons (Fsp3) is 0.429. The minimum absolute atomic E-state index is 0.144. The third-order valence-corrected chi connectivity index (χ3v) is 4.63. The van der Waals surface area contributed by atoms with Gasteiger partial charge in [-0.25, -0.2) is 0 Å². The Kier molecular flexibility index (Phi) is 5.64. The largest absolute Gasteiger partial charge is 0.394 e. The predicted molar refractivity (Wildman–Crippen MR) is 91.0 cm³/mol. The number of azide groups is 1. The lowest BCUT2D eigenvalue weighted by Crippen LogP contribution is -2.54. The van der Waals surface area contributed by atoms with E-state index in [0.717, 1.165) is 0 Å². The summed E-state index contributed by atoms with van der Waals surface area (Å²) in [6.45, 7) is -0.548. The maximum atomic E-state index is 10.5. The number of hydrogen-bond donors (Lipinski definition) is 3. The summed E-state index contributed by atoms with van der Waals surface area (Å²) < 4.78 is 7.04. The highest BCUT2D eigenvalue weighted by atomic mass is 35.5. The third-order valence-electron chi connectivity index (χ3n) is 4.07. The van der Waals surface area contributed by atoms with Gasteiger partial charge in [-0.05, 0) is 23.7 Å². The van der Waals surface area contributed by atoms with Crippen molar-refractivity contribution in [3.8, 4) is 5.69 Å². The molecule has 5 atom stereocenters. The molecule has 1 aromatic carbocycles. The maximum Gasteiger partial charge on any atom is 0.169 e. The predicted octanol–water partition coefficient (Wildman–Crippen LogP) is 1.41. The van der Waals surface area contributed by atoms with E-state index >= 15 is 0 Å². The molecule has 1 fully saturated rings. The summed E-state index contributed by atoms with van der Waals surface area (Å²) in [5, 5.41) is 42.1. The van der Waals surface area contributed by atoms with Crippen LogP contribution >= 0.6 is 23.2 Å². The zero-order valence-corrected chi connectivity index (χ0v) is 14.6. The van der Waals surface area contributed by atoms with Gasteiger partial charge in [0.05, 0.1) is 35.6 Å². The minimum Gasteiger partial charge on any atom is -0.394 e. The molecule has 0 spiro atoms. The second kappa shape index (κ2) is 7.77. The summed E-state index contributed by atoms with van der Waals surface area (Å²) in [6.07, 6.45) is -3.68. The van der Waals surface area contributed by atoms with Gasteiger partial charge in [0.15, 0.2) is 5.82 Å². The number of benzene rings is 1. The molecular weight excluding hydrogens is 387 g/mol. The van der Waals surface area contributed by atoms with Crippen molar-refractivity contribution in [3.05, 3.63) is 50.8 Å². The minimum atomic E-state index is -1.43. The molecule has 3 rings (SSSR count). The molecule has 3 N–H and O–H groups in total. The van der Waals surface area contributed by atoms with Gasteiger partial charge in [-0.3, -0.25) is 4.57 Å². The molecule has 2 aromatic rings. The molecular formula is C14H14Cl2N6O4. The summed E-state index contributed by atoms with van der Waals surface area (Å²) in [4.78, 5) is 2.64. The van der Waals surface area contributed by atoms with Crippen molar-refractivity contribution in [3.63, 3.8) is 0 Å².